The summed E-state index contributed by atoms with van der Waals surface area (Å²) >= 11 is 0. The van der Waals surface area contributed by atoms with E-state index in [4.69, 9.17) is 4.74 Å². The van der Waals surface area contributed by atoms with Gasteiger partial charge in [0.15, 0.2) is 6.04 Å². The van der Waals surface area contributed by atoms with Crippen molar-refractivity contribution in [3.63, 3.8) is 0 Å². The van der Waals surface area contributed by atoms with Gasteiger partial charge in [-0.05, 0) is 48.9 Å². The minimum Gasteiger partial charge on any atom is -0.497 e. The minimum atomic E-state index is -0.272. The molecule has 1 atom stereocenters. The highest BCUT2D eigenvalue weighted by Crippen LogP contribution is 2.19. The number of likely N-dealkylation sites (N-methyl/N-ethyl adjacent to an activating group) is 1. The number of rotatable bonds is 6. The zero-order chi connectivity index (χ0) is 20.1. The van der Waals surface area contributed by atoms with E-state index in [-0.39, 0.29) is 17.8 Å². The zero-order valence-electron chi connectivity index (χ0n) is 16.8. The third-order valence-electron chi connectivity index (χ3n) is 5.51. The Hall–Kier alpha value is -2.60. The molecule has 0 aromatic heterocycles. The van der Waals surface area contributed by atoms with Crippen LogP contribution in [0.4, 0.5) is 10.1 Å². The first-order valence-corrected chi connectivity index (χ1v) is 9.71. The fraction of sp³-hybridized carbons (Fsp3) is 0.409. The van der Waals surface area contributed by atoms with E-state index >= 15 is 0 Å². The maximum absolute atomic E-state index is 13.4. The molecule has 0 radical (unpaired) electrons. The highest BCUT2D eigenvalue weighted by atomic mass is 19.1. The number of amides is 1. The van der Waals surface area contributed by atoms with Crippen LogP contribution in [0.15, 0.2) is 48.5 Å². The fourth-order valence-electron chi connectivity index (χ4n) is 3.77. The number of anilines is 1. The Bertz CT molecular complexity index is 789. The second kappa shape index (κ2) is 9.06. The van der Waals surface area contributed by atoms with Crippen LogP contribution in [-0.4, -0.2) is 57.2 Å². The lowest BCUT2D eigenvalue weighted by atomic mass is 10.1. The molecule has 0 bridgehead atoms. The highest BCUT2D eigenvalue weighted by molar-refractivity contribution is 5.79. The number of carbonyl (C=O) groups excluding carboxylic acids is 1. The van der Waals surface area contributed by atoms with Crippen LogP contribution in [0.25, 0.3) is 0 Å². The molecule has 0 aliphatic carbocycles. The number of hydrogen-bond acceptors (Lipinski definition) is 3. The first-order chi connectivity index (χ1) is 13.5. The summed E-state index contributed by atoms with van der Waals surface area (Å²) in [4.78, 5) is 18.2. The van der Waals surface area contributed by atoms with Gasteiger partial charge >= 0.3 is 0 Å². The molecule has 1 heterocycles. The molecule has 1 aliphatic rings. The number of nitrogens with zero attached hydrogens (tertiary/aromatic N) is 2. The maximum Gasteiger partial charge on any atom is 0.280 e. The van der Waals surface area contributed by atoms with E-state index < -0.39 is 0 Å². The predicted octanol–water partition coefficient (Wildman–Crippen LogP) is 1.59. The Kier molecular flexibility index (Phi) is 6.52. The van der Waals surface area contributed by atoms with Gasteiger partial charge in [-0.25, -0.2) is 4.39 Å². The van der Waals surface area contributed by atoms with Crippen LogP contribution in [0.2, 0.25) is 0 Å². The van der Waals surface area contributed by atoms with E-state index in [0.29, 0.717) is 6.54 Å². The fourth-order valence-corrected chi connectivity index (χ4v) is 3.77. The van der Waals surface area contributed by atoms with Gasteiger partial charge in [-0.3, -0.25) is 4.79 Å². The van der Waals surface area contributed by atoms with E-state index in [1.165, 1.54) is 22.7 Å². The molecule has 0 spiro atoms. The van der Waals surface area contributed by atoms with Crippen LogP contribution in [0.1, 0.15) is 12.5 Å². The average molecular weight is 386 g/mol. The van der Waals surface area contributed by atoms with Gasteiger partial charge in [0.1, 0.15) is 11.6 Å². The molecule has 3 rings (SSSR count). The Labute approximate surface area is 166 Å². The molecule has 150 valence electrons. The Morgan fingerprint density at radius 3 is 2.50 bits per heavy atom. The molecule has 1 amide bonds. The topological polar surface area (TPSA) is 37.2 Å². The summed E-state index contributed by atoms with van der Waals surface area (Å²) in [6, 6.07) is 14.4. The van der Waals surface area contributed by atoms with E-state index in [0.717, 1.165) is 37.5 Å². The standard InChI is InChI=1S/C22H28FN3O2/c1-17(22(27)24(2)16-18-5-4-6-19(23)15-18)25-11-13-26(14-12-25)20-7-9-21(28-3)10-8-20/h4-10,15,17H,11-14,16H2,1-3H3/p+1/t17-/m1/s1. The largest absolute Gasteiger partial charge is 0.497 e. The van der Waals surface area contributed by atoms with Crippen molar-refractivity contribution in [2.45, 2.75) is 19.5 Å². The summed E-state index contributed by atoms with van der Waals surface area (Å²) < 4.78 is 18.6. The van der Waals surface area contributed by atoms with Gasteiger partial charge in [-0.15, -0.1) is 0 Å². The summed E-state index contributed by atoms with van der Waals surface area (Å²) in [6.45, 7) is 6.05. The van der Waals surface area contributed by atoms with Crippen molar-refractivity contribution in [2.24, 2.45) is 0 Å². The molecular formula is C22H29FN3O2+. The molecule has 0 unspecified atom stereocenters. The summed E-state index contributed by atoms with van der Waals surface area (Å²) in [5, 5.41) is 0. The smallest absolute Gasteiger partial charge is 0.280 e. The molecule has 1 fully saturated rings. The molecule has 1 saturated heterocycles. The number of carbonyl (C=O) groups is 1. The predicted molar refractivity (Wildman–Crippen MR) is 108 cm³/mol. The molecular weight excluding hydrogens is 357 g/mol. The number of hydrogen-bond donors (Lipinski definition) is 1. The van der Waals surface area contributed by atoms with Crippen molar-refractivity contribution in [1.29, 1.82) is 0 Å². The number of ether oxygens (including phenoxy) is 1. The van der Waals surface area contributed by atoms with Gasteiger partial charge < -0.3 is 19.4 Å². The van der Waals surface area contributed by atoms with E-state index in [1.54, 1.807) is 25.1 Å². The SMILES string of the molecule is COc1ccc(N2CC[NH+]([C@H](C)C(=O)N(C)Cc3cccc(F)c3)CC2)cc1. The number of piperazine rings is 1. The van der Waals surface area contributed by atoms with E-state index in [2.05, 4.69) is 17.0 Å². The quantitative estimate of drug-likeness (QED) is 0.819. The molecule has 5 nitrogen and oxygen atoms in total. The normalized spacial score (nSPS) is 15.9. The van der Waals surface area contributed by atoms with Crippen LogP contribution >= 0.6 is 0 Å². The third kappa shape index (κ3) is 4.81. The van der Waals surface area contributed by atoms with Gasteiger partial charge in [0, 0.05) is 19.3 Å². The number of benzene rings is 2. The average Bonchev–Trinajstić information content (AvgIpc) is 2.73. The van der Waals surface area contributed by atoms with Gasteiger partial charge in [0.25, 0.3) is 5.91 Å². The first kappa shape index (κ1) is 20.1. The summed E-state index contributed by atoms with van der Waals surface area (Å²) in [6.07, 6.45) is 0. The lowest BCUT2D eigenvalue weighted by Gasteiger charge is -2.37. The molecule has 2 aromatic carbocycles. The Morgan fingerprint density at radius 2 is 1.89 bits per heavy atom. The van der Waals surface area contributed by atoms with E-state index in [9.17, 15) is 9.18 Å². The molecule has 28 heavy (non-hydrogen) atoms. The van der Waals surface area contributed by atoms with Crippen molar-refractivity contribution in [2.75, 3.05) is 45.2 Å². The van der Waals surface area contributed by atoms with E-state index in [1.807, 2.05) is 25.1 Å². The maximum atomic E-state index is 13.4. The van der Waals surface area contributed by atoms with Crippen molar-refractivity contribution in [3.05, 3.63) is 59.9 Å². The first-order valence-electron chi connectivity index (χ1n) is 9.71. The van der Waals surface area contributed by atoms with Gasteiger partial charge in [0.05, 0.1) is 33.3 Å². The van der Waals surface area contributed by atoms with Crippen molar-refractivity contribution >= 4 is 11.6 Å². The Balaban J connectivity index is 1.53. The van der Waals surface area contributed by atoms with Crippen LogP contribution in [0.5, 0.6) is 5.75 Å². The van der Waals surface area contributed by atoms with Crippen LogP contribution in [0, 0.1) is 5.82 Å². The third-order valence-corrected chi connectivity index (χ3v) is 5.51. The van der Waals surface area contributed by atoms with Crippen LogP contribution < -0.4 is 14.5 Å². The lowest BCUT2D eigenvalue weighted by Crippen LogP contribution is -3.19. The number of methoxy groups -OCH3 is 1. The van der Waals surface area contributed by atoms with Crippen LogP contribution in [-0.2, 0) is 11.3 Å². The van der Waals surface area contributed by atoms with Gasteiger partial charge in [-0.2, -0.15) is 0 Å². The number of quaternary nitrogens is 1. The number of nitrogens with one attached hydrogen (secondary N) is 1. The van der Waals surface area contributed by atoms with Crippen molar-refractivity contribution in [1.82, 2.24) is 4.90 Å². The monoisotopic (exact) mass is 386 g/mol. The lowest BCUT2D eigenvalue weighted by molar-refractivity contribution is -0.915. The summed E-state index contributed by atoms with van der Waals surface area (Å²) in [5.74, 6) is 0.678. The second-order valence-corrected chi connectivity index (χ2v) is 7.39. The van der Waals surface area contributed by atoms with Crippen molar-refractivity contribution in [3.8, 4) is 5.75 Å². The number of halogens is 1. The summed E-state index contributed by atoms with van der Waals surface area (Å²) in [5.41, 5.74) is 1.99. The molecule has 2 aromatic rings. The van der Waals surface area contributed by atoms with Crippen molar-refractivity contribution < 1.29 is 18.8 Å². The van der Waals surface area contributed by atoms with Gasteiger partial charge in [-0.1, -0.05) is 12.1 Å². The summed E-state index contributed by atoms with van der Waals surface area (Å²) in [7, 11) is 3.46. The molecule has 1 N–H and O–H groups in total. The molecule has 0 saturated carbocycles. The molecule has 6 heteroatoms. The Morgan fingerprint density at radius 1 is 1.21 bits per heavy atom. The highest BCUT2D eigenvalue weighted by Gasteiger charge is 2.31. The van der Waals surface area contributed by atoms with Gasteiger partial charge in [0.2, 0.25) is 0 Å². The second-order valence-electron chi connectivity index (χ2n) is 7.39. The zero-order valence-corrected chi connectivity index (χ0v) is 16.8. The van der Waals surface area contributed by atoms with Crippen LogP contribution in [0.3, 0.4) is 0 Å². The molecule has 1 aliphatic heterocycles. The minimum absolute atomic E-state index is 0.0946.